The van der Waals surface area contributed by atoms with Crippen LogP contribution >= 0.6 is 0 Å². The van der Waals surface area contributed by atoms with E-state index in [-0.39, 0.29) is 11.2 Å². The molecule has 0 fully saturated rings. The molecule has 0 bridgehead atoms. The molecule has 0 atom stereocenters. The Morgan fingerprint density at radius 3 is 2.47 bits per heavy atom. The highest BCUT2D eigenvalue weighted by molar-refractivity contribution is 5.30. The van der Waals surface area contributed by atoms with Crippen LogP contribution in [0.4, 0.5) is 13.2 Å². The lowest BCUT2D eigenvalue weighted by atomic mass is 9.88. The maximum atomic E-state index is 12.5. The maximum absolute atomic E-state index is 12.5. The number of benzene rings is 1. The van der Waals surface area contributed by atoms with E-state index in [1.807, 2.05) is 0 Å². The van der Waals surface area contributed by atoms with Crippen molar-refractivity contribution in [3.63, 3.8) is 0 Å². The summed E-state index contributed by atoms with van der Waals surface area (Å²) in [5, 5.41) is 0. The summed E-state index contributed by atoms with van der Waals surface area (Å²) in [7, 11) is 0. The van der Waals surface area contributed by atoms with E-state index in [1.165, 1.54) is 12.1 Å². The van der Waals surface area contributed by atoms with Gasteiger partial charge in [0.1, 0.15) is 5.75 Å². The van der Waals surface area contributed by atoms with Crippen molar-refractivity contribution in [1.82, 2.24) is 0 Å². The Bertz CT molecular complexity index is 402. The molecule has 0 aliphatic carbocycles. The van der Waals surface area contributed by atoms with E-state index in [4.69, 9.17) is 10.5 Å². The van der Waals surface area contributed by atoms with Gasteiger partial charge in [0.25, 0.3) is 0 Å². The molecule has 0 saturated heterocycles. The Kier molecular flexibility index (Phi) is 5.23. The van der Waals surface area contributed by atoms with Crippen molar-refractivity contribution in [2.24, 2.45) is 11.1 Å². The van der Waals surface area contributed by atoms with E-state index in [2.05, 4.69) is 13.8 Å². The lowest BCUT2D eigenvalue weighted by Crippen LogP contribution is -2.23. The number of halogens is 3. The first-order chi connectivity index (χ1) is 8.74. The minimum atomic E-state index is -4.33. The first-order valence-electron chi connectivity index (χ1n) is 6.25. The molecule has 1 rings (SSSR count). The van der Waals surface area contributed by atoms with E-state index in [1.54, 1.807) is 0 Å². The summed E-state index contributed by atoms with van der Waals surface area (Å²) in [5.41, 5.74) is 4.95. The highest BCUT2D eigenvalue weighted by Crippen LogP contribution is 2.31. The summed E-state index contributed by atoms with van der Waals surface area (Å²) in [6, 6.07) is 4.93. The van der Waals surface area contributed by atoms with Crippen LogP contribution in [-0.4, -0.2) is 13.2 Å². The predicted octanol–water partition coefficient (Wildman–Crippen LogP) is 3.85. The molecule has 1 aromatic carbocycles. The average Bonchev–Trinajstić information content (AvgIpc) is 2.34. The molecule has 0 unspecified atom stereocenters. The van der Waals surface area contributed by atoms with Gasteiger partial charge in [0, 0.05) is 0 Å². The quantitative estimate of drug-likeness (QED) is 0.800. The van der Waals surface area contributed by atoms with Crippen LogP contribution in [0.5, 0.6) is 5.75 Å². The first-order valence-corrected chi connectivity index (χ1v) is 6.25. The molecule has 0 heterocycles. The number of hydrogen-bond acceptors (Lipinski definition) is 2. The van der Waals surface area contributed by atoms with Crippen LogP contribution in [-0.2, 0) is 6.18 Å². The lowest BCUT2D eigenvalue weighted by molar-refractivity contribution is -0.137. The zero-order valence-corrected chi connectivity index (χ0v) is 11.3. The minimum Gasteiger partial charge on any atom is -0.494 e. The van der Waals surface area contributed by atoms with Crippen LogP contribution in [0.25, 0.3) is 0 Å². The van der Waals surface area contributed by atoms with E-state index < -0.39 is 11.7 Å². The fourth-order valence-corrected chi connectivity index (χ4v) is 1.61. The molecule has 0 aromatic heterocycles. The van der Waals surface area contributed by atoms with Crippen molar-refractivity contribution in [2.45, 2.75) is 32.9 Å². The van der Waals surface area contributed by atoms with E-state index in [9.17, 15) is 13.2 Å². The molecule has 0 spiro atoms. The second-order valence-corrected chi connectivity index (χ2v) is 5.35. The van der Waals surface area contributed by atoms with Crippen molar-refractivity contribution in [1.29, 1.82) is 0 Å². The zero-order valence-electron chi connectivity index (χ0n) is 11.3. The average molecular weight is 275 g/mol. The van der Waals surface area contributed by atoms with Gasteiger partial charge in [-0.2, -0.15) is 13.2 Å². The molecule has 108 valence electrons. The monoisotopic (exact) mass is 275 g/mol. The molecule has 0 aliphatic rings. The topological polar surface area (TPSA) is 35.2 Å². The molecule has 1 aromatic rings. The van der Waals surface area contributed by atoms with E-state index in [0.717, 1.165) is 25.0 Å². The first kappa shape index (κ1) is 15.8. The smallest absolute Gasteiger partial charge is 0.416 e. The fraction of sp³-hybridized carbons (Fsp3) is 0.571. The normalized spacial score (nSPS) is 12.5. The van der Waals surface area contributed by atoms with Crippen molar-refractivity contribution in [3.05, 3.63) is 29.8 Å². The molecular formula is C14H20F3NO. The van der Waals surface area contributed by atoms with Gasteiger partial charge < -0.3 is 10.5 Å². The number of rotatable bonds is 6. The maximum Gasteiger partial charge on any atom is 0.416 e. The SMILES string of the molecule is CC(C)(CN)CCCOc1cccc(C(F)(F)F)c1. The molecule has 19 heavy (non-hydrogen) atoms. The Morgan fingerprint density at radius 1 is 1.21 bits per heavy atom. The third-order valence-corrected chi connectivity index (χ3v) is 2.98. The Hall–Kier alpha value is -1.23. The molecule has 0 amide bonds. The molecule has 5 heteroatoms. The van der Waals surface area contributed by atoms with Gasteiger partial charge in [0.15, 0.2) is 0 Å². The van der Waals surface area contributed by atoms with Gasteiger partial charge in [-0.25, -0.2) is 0 Å². The molecule has 0 saturated carbocycles. The van der Waals surface area contributed by atoms with Gasteiger partial charge in [-0.3, -0.25) is 0 Å². The van der Waals surface area contributed by atoms with Gasteiger partial charge in [0.2, 0.25) is 0 Å². The molecule has 2 N–H and O–H groups in total. The van der Waals surface area contributed by atoms with Gasteiger partial charge in [-0.1, -0.05) is 19.9 Å². The summed E-state index contributed by atoms with van der Waals surface area (Å²) < 4.78 is 42.8. The molecule has 0 radical (unpaired) electrons. The second-order valence-electron chi connectivity index (χ2n) is 5.35. The second kappa shape index (κ2) is 6.28. The standard InChI is InChI=1S/C14H20F3NO/c1-13(2,10-18)7-4-8-19-12-6-3-5-11(9-12)14(15,16)17/h3,5-6,9H,4,7-8,10,18H2,1-2H3. The van der Waals surface area contributed by atoms with Gasteiger partial charge in [-0.15, -0.1) is 0 Å². The lowest BCUT2D eigenvalue weighted by Gasteiger charge is -2.21. The Balaban J connectivity index is 2.46. The summed E-state index contributed by atoms with van der Waals surface area (Å²) in [6.07, 6.45) is -2.69. The largest absolute Gasteiger partial charge is 0.494 e. The van der Waals surface area contributed by atoms with Crippen molar-refractivity contribution < 1.29 is 17.9 Å². The van der Waals surface area contributed by atoms with Crippen LogP contribution in [0.1, 0.15) is 32.3 Å². The van der Waals surface area contributed by atoms with E-state index in [0.29, 0.717) is 13.2 Å². The Morgan fingerprint density at radius 2 is 1.89 bits per heavy atom. The number of alkyl halides is 3. The van der Waals surface area contributed by atoms with Crippen molar-refractivity contribution >= 4 is 0 Å². The summed E-state index contributed by atoms with van der Waals surface area (Å²) >= 11 is 0. The predicted molar refractivity (Wildman–Crippen MR) is 69.0 cm³/mol. The van der Waals surface area contributed by atoms with Crippen LogP contribution in [0.3, 0.4) is 0 Å². The summed E-state index contributed by atoms with van der Waals surface area (Å²) in [4.78, 5) is 0. The molecular weight excluding hydrogens is 255 g/mol. The third-order valence-electron chi connectivity index (χ3n) is 2.98. The van der Waals surface area contributed by atoms with Gasteiger partial charge >= 0.3 is 6.18 Å². The van der Waals surface area contributed by atoms with E-state index >= 15 is 0 Å². The number of nitrogens with two attached hydrogens (primary N) is 1. The third kappa shape index (κ3) is 5.51. The van der Waals surface area contributed by atoms with Crippen molar-refractivity contribution in [3.8, 4) is 5.75 Å². The molecule has 2 nitrogen and oxygen atoms in total. The van der Waals surface area contributed by atoms with Gasteiger partial charge in [0.05, 0.1) is 12.2 Å². The minimum absolute atomic E-state index is 0.0389. The van der Waals surface area contributed by atoms with Crippen LogP contribution in [0.2, 0.25) is 0 Å². The highest BCUT2D eigenvalue weighted by atomic mass is 19.4. The number of ether oxygens (including phenoxy) is 1. The van der Waals surface area contributed by atoms with Crippen molar-refractivity contribution in [2.75, 3.05) is 13.2 Å². The van der Waals surface area contributed by atoms with Crippen LogP contribution < -0.4 is 10.5 Å². The molecule has 0 aliphatic heterocycles. The highest BCUT2D eigenvalue weighted by Gasteiger charge is 2.30. The van der Waals surface area contributed by atoms with Gasteiger partial charge in [-0.05, 0) is 43.0 Å². The zero-order chi connectivity index (χ0) is 14.5. The van der Waals surface area contributed by atoms with Crippen LogP contribution in [0.15, 0.2) is 24.3 Å². The Labute approximate surface area is 111 Å². The fourth-order valence-electron chi connectivity index (χ4n) is 1.61. The number of hydrogen-bond donors (Lipinski definition) is 1. The van der Waals surface area contributed by atoms with Crippen LogP contribution in [0, 0.1) is 5.41 Å². The summed E-state index contributed by atoms with van der Waals surface area (Å²) in [6.45, 7) is 5.08. The summed E-state index contributed by atoms with van der Waals surface area (Å²) in [5.74, 6) is 0.250.